The van der Waals surface area contributed by atoms with Gasteiger partial charge >= 0.3 is 0 Å². The van der Waals surface area contributed by atoms with E-state index in [-0.39, 0.29) is 4.90 Å². The van der Waals surface area contributed by atoms with Gasteiger partial charge < -0.3 is 5.73 Å². The van der Waals surface area contributed by atoms with Crippen LogP contribution in [0.5, 0.6) is 0 Å². The highest BCUT2D eigenvalue weighted by Gasteiger charge is 2.29. The molecule has 0 amide bonds. The van der Waals surface area contributed by atoms with Crippen LogP contribution in [0.4, 0.5) is 5.69 Å². The van der Waals surface area contributed by atoms with Gasteiger partial charge in [-0.2, -0.15) is 4.31 Å². The number of nitrogens with zero attached hydrogens (tertiary/aromatic N) is 1. The lowest BCUT2D eigenvalue weighted by Crippen LogP contribution is -2.35. The van der Waals surface area contributed by atoms with E-state index in [1.165, 1.54) is 9.18 Å². The van der Waals surface area contributed by atoms with E-state index >= 15 is 0 Å². The SMILES string of the molecule is Nc1ccccc1S(=O)(=O)N1CCc2sccc2C1. The van der Waals surface area contributed by atoms with Gasteiger partial charge in [0.2, 0.25) is 10.0 Å². The van der Waals surface area contributed by atoms with E-state index in [0.29, 0.717) is 18.8 Å². The van der Waals surface area contributed by atoms with E-state index in [0.717, 1.165) is 12.0 Å². The molecule has 2 N–H and O–H groups in total. The van der Waals surface area contributed by atoms with Gasteiger partial charge in [-0.15, -0.1) is 11.3 Å². The van der Waals surface area contributed by atoms with Crippen LogP contribution >= 0.6 is 11.3 Å². The minimum absolute atomic E-state index is 0.202. The van der Waals surface area contributed by atoms with Crippen LogP contribution < -0.4 is 5.73 Å². The molecule has 0 aliphatic carbocycles. The Kier molecular flexibility index (Phi) is 3.08. The number of hydrogen-bond acceptors (Lipinski definition) is 4. The number of rotatable bonds is 2. The lowest BCUT2D eigenvalue weighted by atomic mass is 10.1. The first-order chi connectivity index (χ1) is 9.09. The molecule has 0 unspecified atom stereocenters. The summed E-state index contributed by atoms with van der Waals surface area (Å²) in [7, 11) is -3.50. The highest BCUT2D eigenvalue weighted by molar-refractivity contribution is 7.89. The van der Waals surface area contributed by atoms with Crippen molar-refractivity contribution in [3.63, 3.8) is 0 Å². The molecule has 0 saturated carbocycles. The van der Waals surface area contributed by atoms with E-state index in [1.54, 1.807) is 35.6 Å². The standard InChI is InChI=1S/C13H14N2O2S2/c14-11-3-1-2-4-13(11)19(16,17)15-7-5-12-10(9-15)6-8-18-12/h1-4,6,8H,5,7,9,14H2. The Labute approximate surface area is 116 Å². The van der Waals surface area contributed by atoms with Gasteiger partial charge in [0.05, 0.1) is 5.69 Å². The maximum absolute atomic E-state index is 12.6. The van der Waals surface area contributed by atoms with E-state index in [2.05, 4.69) is 0 Å². The van der Waals surface area contributed by atoms with Crippen LogP contribution in [-0.4, -0.2) is 19.3 Å². The first-order valence-electron chi connectivity index (χ1n) is 5.99. The molecule has 0 atom stereocenters. The van der Waals surface area contributed by atoms with Gasteiger partial charge in [-0.1, -0.05) is 12.1 Å². The third-order valence-electron chi connectivity index (χ3n) is 3.31. The van der Waals surface area contributed by atoms with Crippen molar-refractivity contribution in [2.45, 2.75) is 17.9 Å². The second kappa shape index (κ2) is 4.63. The first-order valence-corrected chi connectivity index (χ1v) is 8.31. The zero-order valence-electron chi connectivity index (χ0n) is 10.2. The van der Waals surface area contributed by atoms with E-state index in [1.807, 2.05) is 11.4 Å². The average molecular weight is 294 g/mol. The monoisotopic (exact) mass is 294 g/mol. The zero-order chi connectivity index (χ0) is 13.5. The summed E-state index contributed by atoms with van der Waals surface area (Å²) < 4.78 is 26.7. The fraction of sp³-hybridized carbons (Fsp3) is 0.231. The molecule has 0 fully saturated rings. The Balaban J connectivity index is 1.97. The van der Waals surface area contributed by atoms with Crippen molar-refractivity contribution in [1.82, 2.24) is 4.31 Å². The number of benzene rings is 1. The van der Waals surface area contributed by atoms with E-state index in [4.69, 9.17) is 5.73 Å². The molecule has 6 heteroatoms. The molecule has 1 aliphatic heterocycles. The number of hydrogen-bond donors (Lipinski definition) is 1. The fourth-order valence-electron chi connectivity index (χ4n) is 2.28. The third kappa shape index (κ3) is 2.16. The van der Waals surface area contributed by atoms with Gasteiger partial charge in [0.25, 0.3) is 0 Å². The third-order valence-corrected chi connectivity index (χ3v) is 6.25. The minimum atomic E-state index is -3.50. The molecule has 1 aromatic carbocycles. The zero-order valence-corrected chi connectivity index (χ0v) is 11.9. The molecule has 0 bridgehead atoms. The van der Waals surface area contributed by atoms with E-state index < -0.39 is 10.0 Å². The molecule has 2 aromatic rings. The summed E-state index contributed by atoms with van der Waals surface area (Å²) in [5.41, 5.74) is 7.19. The van der Waals surface area contributed by atoms with Crippen LogP contribution in [0.3, 0.4) is 0 Å². The lowest BCUT2D eigenvalue weighted by Gasteiger charge is -2.26. The summed E-state index contributed by atoms with van der Waals surface area (Å²) in [5, 5.41) is 2.01. The molecule has 0 spiro atoms. The molecule has 3 rings (SSSR count). The minimum Gasteiger partial charge on any atom is -0.398 e. The predicted molar refractivity (Wildman–Crippen MR) is 76.5 cm³/mol. The number of thiophene rings is 1. The van der Waals surface area contributed by atoms with Crippen LogP contribution in [0.25, 0.3) is 0 Å². The van der Waals surface area contributed by atoms with Crippen molar-refractivity contribution in [3.05, 3.63) is 46.2 Å². The number of anilines is 1. The Morgan fingerprint density at radius 2 is 2.00 bits per heavy atom. The van der Waals surface area contributed by atoms with Gasteiger partial charge in [0.1, 0.15) is 4.90 Å². The lowest BCUT2D eigenvalue weighted by molar-refractivity contribution is 0.394. The number of fused-ring (bicyclic) bond motifs is 1. The smallest absolute Gasteiger partial charge is 0.245 e. The highest BCUT2D eigenvalue weighted by Crippen LogP contribution is 2.29. The molecule has 1 aromatic heterocycles. The second-order valence-corrected chi connectivity index (χ2v) is 7.40. The van der Waals surface area contributed by atoms with Gasteiger partial charge in [-0.25, -0.2) is 8.42 Å². The largest absolute Gasteiger partial charge is 0.398 e. The van der Waals surface area contributed by atoms with Crippen LogP contribution in [0.2, 0.25) is 0 Å². The molecular formula is C13H14N2O2S2. The number of nitrogens with two attached hydrogens (primary N) is 1. The Morgan fingerprint density at radius 1 is 1.21 bits per heavy atom. The summed E-state index contributed by atoms with van der Waals surface area (Å²) in [6.45, 7) is 0.958. The normalized spacial score (nSPS) is 16.2. The summed E-state index contributed by atoms with van der Waals surface area (Å²) >= 11 is 1.69. The van der Waals surface area contributed by atoms with Crippen molar-refractivity contribution in [3.8, 4) is 0 Å². The maximum Gasteiger partial charge on any atom is 0.245 e. The van der Waals surface area contributed by atoms with Crippen molar-refractivity contribution < 1.29 is 8.42 Å². The Hall–Kier alpha value is -1.37. The number of nitrogen functional groups attached to an aromatic ring is 1. The fourth-order valence-corrected chi connectivity index (χ4v) is 4.71. The molecule has 0 saturated heterocycles. The van der Waals surface area contributed by atoms with Gasteiger partial charge in [0, 0.05) is 18.0 Å². The van der Waals surface area contributed by atoms with Gasteiger partial charge in [0.15, 0.2) is 0 Å². The van der Waals surface area contributed by atoms with Crippen LogP contribution in [0.15, 0.2) is 40.6 Å². The van der Waals surface area contributed by atoms with E-state index in [9.17, 15) is 8.42 Å². The van der Waals surface area contributed by atoms with Crippen LogP contribution in [-0.2, 0) is 23.0 Å². The van der Waals surface area contributed by atoms with Gasteiger partial charge in [-0.05, 0) is 35.6 Å². The quantitative estimate of drug-likeness (QED) is 0.863. The average Bonchev–Trinajstić information content (AvgIpc) is 2.86. The molecule has 4 nitrogen and oxygen atoms in total. The van der Waals surface area contributed by atoms with Crippen molar-refractivity contribution in [1.29, 1.82) is 0 Å². The summed E-state index contributed by atoms with van der Waals surface area (Å²) in [6, 6.07) is 8.61. The summed E-state index contributed by atoms with van der Waals surface area (Å²) in [4.78, 5) is 1.49. The predicted octanol–water partition coefficient (Wildman–Crippen LogP) is 2.08. The number of para-hydroxylation sites is 1. The first kappa shape index (κ1) is 12.7. The summed E-state index contributed by atoms with van der Waals surface area (Å²) in [5.74, 6) is 0. The molecule has 19 heavy (non-hydrogen) atoms. The molecule has 100 valence electrons. The molecule has 1 aliphatic rings. The van der Waals surface area contributed by atoms with Crippen molar-refractivity contribution in [2.75, 3.05) is 12.3 Å². The molecule has 0 radical (unpaired) electrons. The molecular weight excluding hydrogens is 280 g/mol. The van der Waals surface area contributed by atoms with Crippen molar-refractivity contribution >= 4 is 27.0 Å². The summed E-state index contributed by atoms with van der Waals surface area (Å²) in [6.07, 6.45) is 0.777. The molecule has 2 heterocycles. The van der Waals surface area contributed by atoms with Gasteiger partial charge in [-0.3, -0.25) is 0 Å². The Bertz CT molecular complexity index is 707. The highest BCUT2D eigenvalue weighted by atomic mass is 32.2. The van der Waals surface area contributed by atoms with Crippen LogP contribution in [0, 0.1) is 0 Å². The van der Waals surface area contributed by atoms with Crippen molar-refractivity contribution in [2.24, 2.45) is 0 Å². The Morgan fingerprint density at radius 3 is 2.79 bits per heavy atom. The second-order valence-electron chi connectivity index (χ2n) is 4.50. The number of sulfonamides is 1. The topological polar surface area (TPSA) is 63.4 Å². The maximum atomic E-state index is 12.6. The van der Waals surface area contributed by atoms with Crippen LogP contribution in [0.1, 0.15) is 10.4 Å².